The summed E-state index contributed by atoms with van der Waals surface area (Å²) in [5.74, 6) is -0.230. The first-order valence-corrected chi connectivity index (χ1v) is 10.8. The van der Waals surface area contributed by atoms with Gasteiger partial charge in [0.15, 0.2) is 11.5 Å². The number of amides is 1. The lowest BCUT2D eigenvalue weighted by Crippen LogP contribution is -2.48. The van der Waals surface area contributed by atoms with Crippen LogP contribution in [0.5, 0.6) is 0 Å². The van der Waals surface area contributed by atoms with Gasteiger partial charge in [0.05, 0.1) is 18.3 Å². The van der Waals surface area contributed by atoms with Crippen LogP contribution in [-0.2, 0) is 20.9 Å². The summed E-state index contributed by atoms with van der Waals surface area (Å²) in [7, 11) is 0. The van der Waals surface area contributed by atoms with Crippen molar-refractivity contribution in [1.29, 1.82) is 0 Å². The number of fused-ring (bicyclic) bond motifs is 1. The molecular formula is C21H29N9O6. The maximum absolute atomic E-state index is 11.9. The normalized spacial score (nSPS) is 16.5. The van der Waals surface area contributed by atoms with Crippen LogP contribution in [0.15, 0.2) is 18.3 Å². The SMILES string of the molecule is CCn1ncc2c(C)cc(Nc3nc(N[C@@H]4CCOC[C@@H]4N)nnc3C(N)=O)cc21.O=CO.O=CO. The second-order valence-corrected chi connectivity index (χ2v) is 7.50. The number of hydrogen-bond acceptors (Lipinski definition) is 11. The number of carbonyl (C=O) groups is 3. The number of carbonyl (C=O) groups excluding carboxylic acids is 1. The molecule has 0 aliphatic carbocycles. The third kappa shape index (κ3) is 7.07. The van der Waals surface area contributed by atoms with Crippen LogP contribution in [0.2, 0.25) is 0 Å². The number of carboxylic acid groups (broad SMARTS) is 2. The molecule has 15 heteroatoms. The van der Waals surface area contributed by atoms with E-state index >= 15 is 0 Å². The molecule has 1 fully saturated rings. The summed E-state index contributed by atoms with van der Waals surface area (Å²) >= 11 is 0. The van der Waals surface area contributed by atoms with Crippen LogP contribution in [0.3, 0.4) is 0 Å². The summed E-state index contributed by atoms with van der Waals surface area (Å²) in [5, 5.41) is 33.6. The zero-order valence-electron chi connectivity index (χ0n) is 19.8. The van der Waals surface area contributed by atoms with E-state index in [1.165, 1.54) is 0 Å². The van der Waals surface area contributed by atoms with E-state index in [0.717, 1.165) is 35.1 Å². The van der Waals surface area contributed by atoms with Crippen molar-refractivity contribution in [3.05, 3.63) is 29.6 Å². The van der Waals surface area contributed by atoms with Gasteiger partial charge in [0.1, 0.15) is 0 Å². The Morgan fingerprint density at radius 3 is 2.58 bits per heavy atom. The van der Waals surface area contributed by atoms with Crippen molar-refractivity contribution in [2.75, 3.05) is 23.8 Å². The zero-order valence-corrected chi connectivity index (χ0v) is 19.8. The number of aryl methyl sites for hydroxylation is 2. The number of hydrogen-bond donors (Lipinski definition) is 6. The fraction of sp³-hybridized carbons (Fsp3) is 0.381. The molecule has 8 N–H and O–H groups in total. The van der Waals surface area contributed by atoms with Gasteiger partial charge in [-0.25, -0.2) is 0 Å². The number of aromatic nitrogens is 5. The topological polar surface area (TPSA) is 233 Å². The number of benzene rings is 1. The smallest absolute Gasteiger partial charge is 0.290 e. The molecule has 3 heterocycles. The number of ether oxygens (including phenoxy) is 1. The van der Waals surface area contributed by atoms with E-state index in [4.69, 9.17) is 36.0 Å². The van der Waals surface area contributed by atoms with Crippen molar-refractivity contribution >= 4 is 47.2 Å². The fourth-order valence-corrected chi connectivity index (χ4v) is 3.56. The van der Waals surface area contributed by atoms with Crippen molar-refractivity contribution in [2.24, 2.45) is 11.5 Å². The highest BCUT2D eigenvalue weighted by Crippen LogP contribution is 2.26. The molecule has 1 saturated heterocycles. The van der Waals surface area contributed by atoms with Gasteiger partial charge in [-0.2, -0.15) is 10.1 Å². The molecule has 2 atom stereocenters. The predicted molar refractivity (Wildman–Crippen MR) is 130 cm³/mol. The van der Waals surface area contributed by atoms with Gasteiger partial charge >= 0.3 is 0 Å². The minimum absolute atomic E-state index is 0.0430. The quantitative estimate of drug-likeness (QED) is 0.249. The Morgan fingerprint density at radius 1 is 1.28 bits per heavy atom. The molecule has 1 aromatic carbocycles. The summed E-state index contributed by atoms with van der Waals surface area (Å²) in [6.07, 6.45) is 2.57. The van der Waals surface area contributed by atoms with Crippen LogP contribution in [0.4, 0.5) is 17.5 Å². The molecule has 1 aliphatic heterocycles. The van der Waals surface area contributed by atoms with Crippen molar-refractivity contribution < 1.29 is 29.3 Å². The number of nitrogens with one attached hydrogen (secondary N) is 2. The molecule has 0 bridgehead atoms. The van der Waals surface area contributed by atoms with Crippen LogP contribution in [0, 0.1) is 6.92 Å². The molecular weight excluding hydrogens is 474 g/mol. The van der Waals surface area contributed by atoms with Crippen molar-refractivity contribution in [1.82, 2.24) is 25.0 Å². The summed E-state index contributed by atoms with van der Waals surface area (Å²) in [6.45, 7) is 5.34. The lowest BCUT2D eigenvalue weighted by atomic mass is 10.1. The van der Waals surface area contributed by atoms with E-state index in [1.54, 1.807) is 0 Å². The maximum Gasteiger partial charge on any atom is 0.290 e. The van der Waals surface area contributed by atoms with Crippen LogP contribution in [0.1, 0.15) is 29.4 Å². The van der Waals surface area contributed by atoms with E-state index in [1.807, 2.05) is 36.9 Å². The molecule has 194 valence electrons. The Balaban J connectivity index is 0.000000693. The van der Waals surface area contributed by atoms with Gasteiger partial charge in [0, 0.05) is 36.3 Å². The Morgan fingerprint density at radius 2 is 1.97 bits per heavy atom. The Bertz CT molecular complexity index is 1180. The molecule has 15 nitrogen and oxygen atoms in total. The molecule has 0 radical (unpaired) electrons. The lowest BCUT2D eigenvalue weighted by molar-refractivity contribution is -0.123. The molecule has 0 saturated carbocycles. The van der Waals surface area contributed by atoms with Crippen LogP contribution >= 0.6 is 0 Å². The van der Waals surface area contributed by atoms with Gasteiger partial charge in [0.2, 0.25) is 5.95 Å². The van der Waals surface area contributed by atoms with Gasteiger partial charge in [0.25, 0.3) is 18.9 Å². The first-order chi connectivity index (χ1) is 17.3. The molecule has 0 spiro atoms. The maximum atomic E-state index is 11.9. The summed E-state index contributed by atoms with van der Waals surface area (Å²) in [4.78, 5) is 33.0. The summed E-state index contributed by atoms with van der Waals surface area (Å²) in [5.41, 5.74) is 14.3. The van der Waals surface area contributed by atoms with Crippen LogP contribution < -0.4 is 22.1 Å². The first-order valence-electron chi connectivity index (χ1n) is 10.8. The second-order valence-electron chi connectivity index (χ2n) is 7.50. The second kappa shape index (κ2) is 13.5. The Labute approximate surface area is 205 Å². The van der Waals surface area contributed by atoms with Crippen molar-refractivity contribution in [2.45, 2.75) is 38.9 Å². The highest BCUT2D eigenvalue weighted by atomic mass is 16.5. The zero-order chi connectivity index (χ0) is 26.7. The highest BCUT2D eigenvalue weighted by Gasteiger charge is 2.24. The molecule has 4 rings (SSSR count). The van der Waals surface area contributed by atoms with Gasteiger partial charge in [-0.15, -0.1) is 10.2 Å². The molecule has 36 heavy (non-hydrogen) atoms. The monoisotopic (exact) mass is 503 g/mol. The average Bonchev–Trinajstić information content (AvgIpc) is 3.25. The van der Waals surface area contributed by atoms with E-state index in [2.05, 4.69) is 30.9 Å². The summed E-state index contributed by atoms with van der Waals surface area (Å²) < 4.78 is 7.26. The average molecular weight is 504 g/mol. The first kappa shape index (κ1) is 27.9. The minimum atomic E-state index is -0.719. The van der Waals surface area contributed by atoms with Gasteiger partial charge in [-0.3, -0.25) is 19.1 Å². The molecule has 1 amide bonds. The number of rotatable bonds is 6. The van der Waals surface area contributed by atoms with E-state index in [0.29, 0.717) is 13.2 Å². The van der Waals surface area contributed by atoms with Crippen LogP contribution in [0.25, 0.3) is 10.9 Å². The third-order valence-corrected chi connectivity index (χ3v) is 5.17. The van der Waals surface area contributed by atoms with Gasteiger partial charge in [-0.05, 0) is 38.0 Å². The Kier molecular flexibility index (Phi) is 10.5. The number of nitrogens with zero attached hydrogens (tertiary/aromatic N) is 5. The largest absolute Gasteiger partial charge is 0.483 e. The standard InChI is InChI=1S/C19H25N9O2.2CH2O2/c1-3-28-15-7-11(6-10(2)12(15)8-22-28)23-18-16(17(21)29)26-27-19(25-18)24-14-4-5-30-9-13(14)20;2*2-1-3/h6-8,13-14H,3-5,9,20H2,1-2H3,(H2,21,29)(H2,23,24,25,27);2*1H,(H,2,3)/t13-,14+;;/m0../s1. The predicted octanol–water partition coefficient (Wildman–Crippen LogP) is 0.322. The lowest BCUT2D eigenvalue weighted by Gasteiger charge is -2.29. The van der Waals surface area contributed by atoms with E-state index in [-0.39, 0.29) is 42.5 Å². The van der Waals surface area contributed by atoms with E-state index < -0.39 is 5.91 Å². The molecule has 0 unspecified atom stereocenters. The third-order valence-electron chi connectivity index (χ3n) is 5.17. The van der Waals surface area contributed by atoms with Gasteiger partial charge < -0.3 is 37.1 Å². The minimum Gasteiger partial charge on any atom is -0.483 e. The van der Waals surface area contributed by atoms with Crippen molar-refractivity contribution in [3.8, 4) is 0 Å². The summed E-state index contributed by atoms with van der Waals surface area (Å²) in [6, 6.07) is 3.67. The van der Waals surface area contributed by atoms with E-state index in [9.17, 15) is 4.79 Å². The Hall–Kier alpha value is -4.37. The van der Waals surface area contributed by atoms with Gasteiger partial charge in [-0.1, -0.05) is 0 Å². The van der Waals surface area contributed by atoms with Crippen molar-refractivity contribution in [3.63, 3.8) is 0 Å². The molecule has 3 aromatic rings. The van der Waals surface area contributed by atoms with Crippen LogP contribution in [-0.4, -0.2) is 79.3 Å². The fourth-order valence-electron chi connectivity index (χ4n) is 3.56. The number of primary amides is 1. The highest BCUT2D eigenvalue weighted by molar-refractivity contribution is 5.96. The number of anilines is 3. The number of nitrogens with two attached hydrogens (primary N) is 2. The molecule has 1 aliphatic rings. The molecule has 2 aromatic heterocycles.